The maximum Gasteiger partial charge on any atom is 0.329 e. The number of hydrogen-bond acceptors (Lipinski definition) is 7. The normalized spacial score (nSPS) is 15.0. The Kier molecular flexibility index (Phi) is 5.81. The molecule has 0 fully saturated rings. The number of esters is 1. The van der Waals surface area contributed by atoms with E-state index in [1.54, 1.807) is 42.5 Å². The first-order chi connectivity index (χ1) is 15.3. The van der Waals surface area contributed by atoms with E-state index in [0.717, 1.165) is 4.90 Å². The van der Waals surface area contributed by atoms with Crippen LogP contribution in [-0.4, -0.2) is 48.0 Å². The van der Waals surface area contributed by atoms with Crippen molar-refractivity contribution in [1.29, 1.82) is 0 Å². The maximum atomic E-state index is 12.8. The highest BCUT2D eigenvalue weighted by atomic mass is 16.7. The molecule has 0 saturated heterocycles. The third-order valence-electron chi connectivity index (χ3n) is 5.11. The zero-order chi connectivity index (χ0) is 22.8. The van der Waals surface area contributed by atoms with Crippen molar-refractivity contribution in [3.63, 3.8) is 0 Å². The van der Waals surface area contributed by atoms with Crippen LogP contribution in [0.25, 0.3) is 0 Å². The summed E-state index contributed by atoms with van der Waals surface area (Å²) in [7, 11) is 0. The second-order valence-corrected chi connectivity index (χ2v) is 7.90. The number of hydrogen-bond donors (Lipinski definition) is 1. The molecule has 2 aromatic rings. The molecule has 3 amide bonds. The first-order valence-electron chi connectivity index (χ1n) is 10.2. The Morgan fingerprint density at radius 1 is 1.03 bits per heavy atom. The van der Waals surface area contributed by atoms with Crippen LogP contribution in [0.5, 0.6) is 11.5 Å². The van der Waals surface area contributed by atoms with Gasteiger partial charge < -0.3 is 19.5 Å². The van der Waals surface area contributed by atoms with Gasteiger partial charge in [-0.25, -0.2) is 4.79 Å². The number of benzene rings is 2. The van der Waals surface area contributed by atoms with E-state index in [0.29, 0.717) is 17.2 Å². The average molecular weight is 438 g/mol. The number of nitrogens with one attached hydrogen (secondary N) is 1. The lowest BCUT2D eigenvalue weighted by Crippen LogP contribution is -2.46. The highest BCUT2D eigenvalue weighted by molar-refractivity contribution is 6.22. The number of ether oxygens (including phenoxy) is 3. The molecule has 2 aliphatic rings. The van der Waals surface area contributed by atoms with E-state index in [9.17, 15) is 19.2 Å². The minimum atomic E-state index is -1.12. The molecule has 166 valence electrons. The molecule has 0 bridgehead atoms. The SMILES string of the molecule is CC(C)CC(C(=O)OCC(=O)Nc1ccc2c(c1)OCO2)N1C(=O)c2ccccc2C1=O. The summed E-state index contributed by atoms with van der Waals surface area (Å²) in [5.41, 5.74) is 0.952. The average Bonchev–Trinajstić information content (AvgIpc) is 3.33. The van der Waals surface area contributed by atoms with Crippen LogP contribution in [-0.2, 0) is 14.3 Å². The van der Waals surface area contributed by atoms with Crippen LogP contribution in [0.3, 0.4) is 0 Å². The van der Waals surface area contributed by atoms with Gasteiger partial charge in [-0.1, -0.05) is 26.0 Å². The van der Waals surface area contributed by atoms with Crippen molar-refractivity contribution in [2.24, 2.45) is 5.92 Å². The predicted molar refractivity (Wildman–Crippen MR) is 112 cm³/mol. The third kappa shape index (κ3) is 4.14. The smallest absolute Gasteiger partial charge is 0.329 e. The van der Waals surface area contributed by atoms with Gasteiger partial charge in [0.1, 0.15) is 6.04 Å². The number of amides is 3. The number of rotatable bonds is 7. The minimum absolute atomic E-state index is 0.000628. The number of carbonyl (C=O) groups excluding carboxylic acids is 4. The van der Waals surface area contributed by atoms with Gasteiger partial charge in [-0.15, -0.1) is 0 Å². The first kappa shape index (κ1) is 21.4. The number of nitrogens with zero attached hydrogens (tertiary/aromatic N) is 1. The van der Waals surface area contributed by atoms with Crippen LogP contribution in [0, 0.1) is 5.92 Å². The van der Waals surface area contributed by atoms with Gasteiger partial charge in [-0.3, -0.25) is 19.3 Å². The molecule has 0 aliphatic carbocycles. The summed E-state index contributed by atoms with van der Waals surface area (Å²) in [5, 5.41) is 2.61. The molecule has 4 rings (SSSR count). The zero-order valence-electron chi connectivity index (χ0n) is 17.6. The lowest BCUT2D eigenvalue weighted by atomic mass is 10.0. The Morgan fingerprint density at radius 3 is 2.34 bits per heavy atom. The molecule has 9 nitrogen and oxygen atoms in total. The summed E-state index contributed by atoms with van der Waals surface area (Å²) >= 11 is 0. The van der Waals surface area contributed by atoms with Crippen LogP contribution in [0.1, 0.15) is 41.0 Å². The molecule has 1 N–H and O–H groups in total. The monoisotopic (exact) mass is 438 g/mol. The zero-order valence-corrected chi connectivity index (χ0v) is 17.6. The molecular weight excluding hydrogens is 416 g/mol. The van der Waals surface area contributed by atoms with E-state index in [2.05, 4.69) is 5.32 Å². The van der Waals surface area contributed by atoms with Gasteiger partial charge in [-0.2, -0.15) is 0 Å². The molecular formula is C23H22N2O7. The van der Waals surface area contributed by atoms with Gasteiger partial charge in [0.15, 0.2) is 18.1 Å². The Morgan fingerprint density at radius 2 is 1.69 bits per heavy atom. The van der Waals surface area contributed by atoms with Crippen LogP contribution in [0.15, 0.2) is 42.5 Å². The van der Waals surface area contributed by atoms with Crippen molar-refractivity contribution < 1.29 is 33.4 Å². The highest BCUT2D eigenvalue weighted by Crippen LogP contribution is 2.34. The maximum absolute atomic E-state index is 12.8. The van der Waals surface area contributed by atoms with Crippen molar-refractivity contribution in [2.75, 3.05) is 18.7 Å². The molecule has 32 heavy (non-hydrogen) atoms. The van der Waals surface area contributed by atoms with Crippen LogP contribution in [0.2, 0.25) is 0 Å². The van der Waals surface area contributed by atoms with E-state index >= 15 is 0 Å². The molecule has 2 heterocycles. The third-order valence-corrected chi connectivity index (χ3v) is 5.11. The van der Waals surface area contributed by atoms with E-state index in [1.807, 2.05) is 13.8 Å². The molecule has 1 atom stereocenters. The van der Waals surface area contributed by atoms with Gasteiger partial charge in [0.25, 0.3) is 17.7 Å². The quantitative estimate of drug-likeness (QED) is 0.522. The molecule has 0 aromatic heterocycles. The van der Waals surface area contributed by atoms with Gasteiger partial charge in [0.05, 0.1) is 11.1 Å². The molecule has 0 saturated carbocycles. The summed E-state index contributed by atoms with van der Waals surface area (Å²) in [5.74, 6) is -1.39. The lowest BCUT2D eigenvalue weighted by Gasteiger charge is -2.25. The first-order valence-corrected chi connectivity index (χ1v) is 10.2. The molecule has 2 aliphatic heterocycles. The summed E-state index contributed by atoms with van der Waals surface area (Å²) in [6, 6.07) is 10.2. The Balaban J connectivity index is 1.42. The fraction of sp³-hybridized carbons (Fsp3) is 0.304. The van der Waals surface area contributed by atoms with Gasteiger partial charge in [-0.05, 0) is 36.6 Å². The van der Waals surface area contributed by atoms with Crippen LogP contribution >= 0.6 is 0 Å². The number of imide groups is 1. The molecule has 1 unspecified atom stereocenters. The number of fused-ring (bicyclic) bond motifs is 2. The Bertz CT molecular complexity index is 1060. The largest absolute Gasteiger partial charge is 0.454 e. The number of carbonyl (C=O) groups is 4. The Labute approximate surface area is 184 Å². The van der Waals surface area contributed by atoms with Crippen molar-refractivity contribution >= 4 is 29.4 Å². The predicted octanol–water partition coefficient (Wildman–Crippen LogP) is 2.61. The van der Waals surface area contributed by atoms with Crippen molar-refractivity contribution in [2.45, 2.75) is 26.3 Å². The topological polar surface area (TPSA) is 111 Å². The summed E-state index contributed by atoms with van der Waals surface area (Å²) in [4.78, 5) is 51.7. The van der Waals surface area contributed by atoms with Crippen LogP contribution < -0.4 is 14.8 Å². The van der Waals surface area contributed by atoms with Crippen molar-refractivity contribution in [1.82, 2.24) is 4.90 Å². The molecule has 0 spiro atoms. The van der Waals surface area contributed by atoms with E-state index in [-0.39, 0.29) is 30.3 Å². The van der Waals surface area contributed by atoms with Crippen molar-refractivity contribution in [3.8, 4) is 11.5 Å². The molecule has 2 aromatic carbocycles. The molecule has 0 radical (unpaired) electrons. The number of anilines is 1. The standard InChI is InChI=1S/C23H22N2O7/c1-13(2)9-17(25-21(27)15-5-3-4-6-16(15)22(25)28)23(29)30-11-20(26)24-14-7-8-18-19(10-14)32-12-31-18/h3-8,10,13,17H,9,11-12H2,1-2H3,(H,24,26). The van der Waals surface area contributed by atoms with Gasteiger partial charge >= 0.3 is 5.97 Å². The summed E-state index contributed by atoms with van der Waals surface area (Å²) in [6.45, 7) is 3.28. The molecule has 9 heteroatoms. The van der Waals surface area contributed by atoms with Crippen LogP contribution in [0.4, 0.5) is 5.69 Å². The second kappa shape index (κ2) is 8.70. The Hall–Kier alpha value is -3.88. The summed E-state index contributed by atoms with van der Waals surface area (Å²) < 4.78 is 15.7. The van der Waals surface area contributed by atoms with E-state index in [1.165, 1.54) is 0 Å². The fourth-order valence-electron chi connectivity index (χ4n) is 3.65. The van der Waals surface area contributed by atoms with Crippen molar-refractivity contribution in [3.05, 3.63) is 53.6 Å². The van der Waals surface area contributed by atoms with E-state index < -0.39 is 36.3 Å². The second-order valence-electron chi connectivity index (χ2n) is 7.90. The van der Waals surface area contributed by atoms with E-state index in [4.69, 9.17) is 14.2 Å². The minimum Gasteiger partial charge on any atom is -0.454 e. The lowest BCUT2D eigenvalue weighted by molar-refractivity contribution is -0.151. The van der Waals surface area contributed by atoms with Gasteiger partial charge in [0, 0.05) is 11.8 Å². The summed E-state index contributed by atoms with van der Waals surface area (Å²) in [6.07, 6.45) is 0.216. The highest BCUT2D eigenvalue weighted by Gasteiger charge is 2.43. The van der Waals surface area contributed by atoms with Gasteiger partial charge in [0.2, 0.25) is 6.79 Å². The fourth-order valence-corrected chi connectivity index (χ4v) is 3.65.